The summed E-state index contributed by atoms with van der Waals surface area (Å²) < 4.78 is 2.58. The first-order valence-electron chi connectivity index (χ1n) is 11.5. The molecule has 0 bridgehead atoms. The minimum atomic E-state index is 0.954. The molecule has 2 aromatic carbocycles. The summed E-state index contributed by atoms with van der Waals surface area (Å²) >= 11 is 0. The van der Waals surface area contributed by atoms with Crippen molar-refractivity contribution in [3.05, 3.63) is 65.4 Å². The van der Waals surface area contributed by atoms with Crippen molar-refractivity contribution in [2.75, 3.05) is 24.5 Å². The highest BCUT2D eigenvalue weighted by Gasteiger charge is 2.18. The van der Waals surface area contributed by atoms with Crippen LogP contribution in [0.15, 0.2) is 48.5 Å². The van der Waals surface area contributed by atoms with Crippen LogP contribution in [0.3, 0.4) is 0 Å². The average Bonchev–Trinajstić information content (AvgIpc) is 3.11. The van der Waals surface area contributed by atoms with Gasteiger partial charge in [-0.05, 0) is 80.8 Å². The fourth-order valence-corrected chi connectivity index (χ4v) is 5.27. The smallest absolute Gasteiger partial charge is 0.0485 e. The first-order valence-corrected chi connectivity index (χ1v) is 11.5. The molecule has 1 fully saturated rings. The van der Waals surface area contributed by atoms with Crippen molar-refractivity contribution in [3.63, 3.8) is 0 Å². The van der Waals surface area contributed by atoms with Gasteiger partial charge in [0.2, 0.25) is 0 Å². The molecule has 3 heterocycles. The first-order chi connectivity index (χ1) is 14.4. The van der Waals surface area contributed by atoms with Crippen LogP contribution in [0.4, 0.5) is 5.69 Å². The third-order valence-corrected chi connectivity index (χ3v) is 6.75. The highest BCUT2D eigenvalue weighted by molar-refractivity contribution is 5.85. The van der Waals surface area contributed by atoms with Crippen LogP contribution in [-0.2, 0) is 25.9 Å². The predicted octanol–water partition coefficient (Wildman–Crippen LogP) is 5.30. The molecule has 2 aliphatic rings. The van der Waals surface area contributed by atoms with E-state index in [0.717, 1.165) is 19.5 Å². The summed E-state index contributed by atoms with van der Waals surface area (Å²) in [4.78, 5) is 2.55. The van der Waals surface area contributed by atoms with E-state index in [2.05, 4.69) is 63.3 Å². The molecule has 152 valence electrons. The Balaban J connectivity index is 1.24. The minimum Gasteiger partial charge on any atom is -0.372 e. The van der Waals surface area contributed by atoms with Gasteiger partial charge in [-0.15, -0.1) is 0 Å². The first kappa shape index (κ1) is 18.7. The predicted molar refractivity (Wildman–Crippen MR) is 123 cm³/mol. The van der Waals surface area contributed by atoms with Crippen molar-refractivity contribution in [1.82, 2.24) is 9.88 Å². The van der Waals surface area contributed by atoms with Crippen LogP contribution in [0.1, 0.15) is 48.9 Å². The largest absolute Gasteiger partial charge is 0.372 e. The Bertz CT molecular complexity index is 965. The normalized spacial score (nSPS) is 16.9. The number of aryl methyl sites for hydroxylation is 1. The third kappa shape index (κ3) is 3.93. The van der Waals surface area contributed by atoms with Gasteiger partial charge in [-0.3, -0.25) is 0 Å². The standard InChI is InChI=1S/C26H33N3/c1-5-16-28(17-6-1)22-10-8-9-21(19-22)20-27-15-14-24-23-11-2-3-12-25(23)29-18-7-4-13-26(24)29/h2-3,8-12,19,27H,1,4-7,13-18,20H2. The van der Waals surface area contributed by atoms with Gasteiger partial charge in [0.15, 0.2) is 0 Å². The third-order valence-electron chi connectivity index (χ3n) is 6.75. The topological polar surface area (TPSA) is 20.2 Å². The Morgan fingerprint density at radius 3 is 2.62 bits per heavy atom. The Hall–Kier alpha value is -2.26. The van der Waals surface area contributed by atoms with E-state index in [4.69, 9.17) is 0 Å². The second-order valence-electron chi connectivity index (χ2n) is 8.70. The van der Waals surface area contributed by atoms with Crippen LogP contribution in [-0.4, -0.2) is 24.2 Å². The fourth-order valence-electron chi connectivity index (χ4n) is 5.27. The van der Waals surface area contributed by atoms with Crippen LogP contribution in [0.2, 0.25) is 0 Å². The van der Waals surface area contributed by atoms with E-state index in [1.54, 1.807) is 11.3 Å². The lowest BCUT2D eigenvalue weighted by Gasteiger charge is -2.29. The number of hydrogen-bond acceptors (Lipinski definition) is 2. The number of piperidine rings is 1. The molecule has 1 N–H and O–H groups in total. The van der Waals surface area contributed by atoms with Crippen LogP contribution in [0, 0.1) is 0 Å². The van der Waals surface area contributed by atoms with Crippen molar-refractivity contribution in [1.29, 1.82) is 0 Å². The zero-order chi connectivity index (χ0) is 19.5. The molecule has 0 radical (unpaired) electrons. The second kappa shape index (κ2) is 8.62. The number of aromatic nitrogens is 1. The van der Waals surface area contributed by atoms with Crippen LogP contribution >= 0.6 is 0 Å². The summed E-state index contributed by atoms with van der Waals surface area (Å²) in [7, 11) is 0. The van der Waals surface area contributed by atoms with E-state index in [1.807, 2.05) is 0 Å². The summed E-state index contributed by atoms with van der Waals surface area (Å²) in [6, 6.07) is 18.1. The number of nitrogens with one attached hydrogen (secondary N) is 1. The summed E-state index contributed by atoms with van der Waals surface area (Å²) in [5.74, 6) is 0. The number of nitrogens with zero attached hydrogens (tertiary/aromatic N) is 2. The Labute approximate surface area is 174 Å². The van der Waals surface area contributed by atoms with Gasteiger partial charge in [0.1, 0.15) is 0 Å². The summed E-state index contributed by atoms with van der Waals surface area (Å²) in [6.45, 7) is 5.60. The summed E-state index contributed by atoms with van der Waals surface area (Å²) in [5.41, 5.74) is 7.40. The molecule has 2 aliphatic heterocycles. The zero-order valence-corrected chi connectivity index (χ0v) is 17.5. The van der Waals surface area contributed by atoms with Gasteiger partial charge in [0.25, 0.3) is 0 Å². The van der Waals surface area contributed by atoms with Crippen molar-refractivity contribution in [2.24, 2.45) is 0 Å². The van der Waals surface area contributed by atoms with E-state index < -0.39 is 0 Å². The van der Waals surface area contributed by atoms with E-state index in [9.17, 15) is 0 Å². The molecule has 0 atom stereocenters. The molecule has 0 aliphatic carbocycles. The van der Waals surface area contributed by atoms with Gasteiger partial charge in [0, 0.05) is 48.5 Å². The molecule has 3 heteroatoms. The zero-order valence-electron chi connectivity index (χ0n) is 17.5. The van der Waals surface area contributed by atoms with Gasteiger partial charge in [-0.25, -0.2) is 0 Å². The van der Waals surface area contributed by atoms with E-state index >= 15 is 0 Å². The Morgan fingerprint density at radius 1 is 0.828 bits per heavy atom. The number of anilines is 1. The molecule has 3 nitrogen and oxygen atoms in total. The molecular formula is C26H33N3. The molecule has 0 unspecified atom stereocenters. The van der Waals surface area contributed by atoms with Crippen molar-refractivity contribution in [2.45, 2.75) is 58.0 Å². The maximum Gasteiger partial charge on any atom is 0.0485 e. The van der Waals surface area contributed by atoms with Gasteiger partial charge < -0.3 is 14.8 Å². The number of hydrogen-bond donors (Lipinski definition) is 1. The lowest BCUT2D eigenvalue weighted by Crippen LogP contribution is -2.29. The van der Waals surface area contributed by atoms with Gasteiger partial charge >= 0.3 is 0 Å². The molecular weight excluding hydrogens is 354 g/mol. The van der Waals surface area contributed by atoms with Crippen LogP contribution < -0.4 is 10.2 Å². The molecule has 29 heavy (non-hydrogen) atoms. The van der Waals surface area contributed by atoms with Crippen LogP contribution in [0.5, 0.6) is 0 Å². The second-order valence-corrected chi connectivity index (χ2v) is 8.70. The lowest BCUT2D eigenvalue weighted by atomic mass is 10.0. The van der Waals surface area contributed by atoms with Crippen molar-refractivity contribution < 1.29 is 0 Å². The molecule has 1 saturated heterocycles. The number of benzene rings is 2. The van der Waals surface area contributed by atoms with Crippen molar-refractivity contribution in [3.8, 4) is 0 Å². The summed E-state index contributed by atoms with van der Waals surface area (Å²) in [5, 5.41) is 5.18. The molecule has 0 amide bonds. The maximum absolute atomic E-state index is 3.71. The lowest BCUT2D eigenvalue weighted by molar-refractivity contribution is 0.539. The molecule has 0 spiro atoms. The highest BCUT2D eigenvalue weighted by Crippen LogP contribution is 2.31. The number of rotatable bonds is 6. The van der Waals surface area contributed by atoms with Gasteiger partial charge in [-0.1, -0.05) is 30.3 Å². The van der Waals surface area contributed by atoms with E-state index in [-0.39, 0.29) is 0 Å². The molecule has 0 saturated carbocycles. The minimum absolute atomic E-state index is 0.954. The maximum atomic E-state index is 3.71. The average molecular weight is 388 g/mol. The van der Waals surface area contributed by atoms with Gasteiger partial charge in [-0.2, -0.15) is 0 Å². The number of fused-ring (bicyclic) bond motifs is 3. The number of para-hydroxylation sites is 1. The SMILES string of the molecule is c1cc(CNCCc2c3n(c4ccccc24)CCCC3)cc(N2CCCCC2)c1. The fraction of sp³-hybridized carbons (Fsp3) is 0.462. The highest BCUT2D eigenvalue weighted by atomic mass is 15.1. The Kier molecular flexibility index (Phi) is 5.58. The van der Waals surface area contributed by atoms with Crippen LogP contribution in [0.25, 0.3) is 10.9 Å². The van der Waals surface area contributed by atoms with E-state index in [0.29, 0.717) is 0 Å². The monoisotopic (exact) mass is 387 g/mol. The molecule has 3 aromatic rings. The Morgan fingerprint density at radius 2 is 1.69 bits per heavy atom. The summed E-state index contributed by atoms with van der Waals surface area (Å²) in [6.07, 6.45) is 9.06. The molecule has 1 aromatic heterocycles. The van der Waals surface area contributed by atoms with E-state index in [1.165, 1.54) is 80.3 Å². The quantitative estimate of drug-likeness (QED) is 0.579. The molecule has 5 rings (SSSR count). The van der Waals surface area contributed by atoms with Gasteiger partial charge in [0.05, 0.1) is 0 Å². The van der Waals surface area contributed by atoms with Crippen molar-refractivity contribution >= 4 is 16.6 Å².